The summed E-state index contributed by atoms with van der Waals surface area (Å²) in [7, 11) is -3.66. The molecule has 0 bridgehead atoms. The molecule has 31 heavy (non-hydrogen) atoms. The van der Waals surface area contributed by atoms with Crippen LogP contribution in [0.15, 0.2) is 41.3 Å². The fourth-order valence-electron chi connectivity index (χ4n) is 3.12. The fraction of sp³-hybridized carbons (Fsp3) is 0.381. The van der Waals surface area contributed by atoms with Crippen molar-refractivity contribution in [3.8, 4) is 0 Å². The fourth-order valence-corrected chi connectivity index (χ4v) is 6.15. The SMILES string of the molecule is Cc1ccc(S(=O)(=O)N2CCOCC2)cc1C(=O)NCCSCc1c(Cl)cccc1Cl. The summed E-state index contributed by atoms with van der Waals surface area (Å²) in [6, 6.07) is 10.1. The number of amides is 1. The third-order valence-electron chi connectivity index (χ3n) is 4.90. The molecule has 1 N–H and O–H groups in total. The van der Waals surface area contributed by atoms with Crippen molar-refractivity contribution in [3.05, 3.63) is 63.1 Å². The average Bonchev–Trinajstić information content (AvgIpc) is 2.76. The molecule has 1 amide bonds. The van der Waals surface area contributed by atoms with Gasteiger partial charge in [0.1, 0.15) is 0 Å². The zero-order chi connectivity index (χ0) is 22.4. The van der Waals surface area contributed by atoms with Gasteiger partial charge in [-0.1, -0.05) is 35.3 Å². The van der Waals surface area contributed by atoms with Crippen LogP contribution in [-0.4, -0.2) is 57.2 Å². The van der Waals surface area contributed by atoms with Crippen LogP contribution in [-0.2, 0) is 20.5 Å². The maximum Gasteiger partial charge on any atom is 0.251 e. The van der Waals surface area contributed by atoms with Crippen LogP contribution in [0.3, 0.4) is 0 Å². The van der Waals surface area contributed by atoms with Gasteiger partial charge in [0.25, 0.3) is 5.91 Å². The number of hydrogen-bond donors (Lipinski definition) is 1. The number of carbonyl (C=O) groups is 1. The lowest BCUT2D eigenvalue weighted by molar-refractivity contribution is 0.0730. The molecule has 1 aliphatic heterocycles. The summed E-state index contributed by atoms with van der Waals surface area (Å²) in [6.07, 6.45) is 0. The second-order valence-electron chi connectivity index (χ2n) is 7.00. The summed E-state index contributed by atoms with van der Waals surface area (Å²) >= 11 is 13.9. The van der Waals surface area contributed by atoms with Gasteiger partial charge in [-0.3, -0.25) is 4.79 Å². The van der Waals surface area contributed by atoms with E-state index in [9.17, 15) is 13.2 Å². The normalized spacial score (nSPS) is 15.1. The minimum atomic E-state index is -3.66. The van der Waals surface area contributed by atoms with Crippen molar-refractivity contribution in [1.82, 2.24) is 9.62 Å². The van der Waals surface area contributed by atoms with Crippen LogP contribution >= 0.6 is 35.0 Å². The molecular formula is C21H24Cl2N2O4S2. The van der Waals surface area contributed by atoms with Crippen LogP contribution in [0.5, 0.6) is 0 Å². The lowest BCUT2D eigenvalue weighted by Gasteiger charge is -2.26. The van der Waals surface area contributed by atoms with Gasteiger partial charge in [-0.05, 0) is 42.3 Å². The second-order valence-corrected chi connectivity index (χ2v) is 10.9. The average molecular weight is 503 g/mol. The molecule has 0 saturated carbocycles. The number of morpholine rings is 1. The molecule has 0 radical (unpaired) electrons. The molecule has 3 rings (SSSR count). The molecule has 1 aliphatic rings. The Morgan fingerprint density at radius 1 is 1.16 bits per heavy atom. The molecule has 6 nitrogen and oxygen atoms in total. The Morgan fingerprint density at radius 2 is 1.84 bits per heavy atom. The van der Waals surface area contributed by atoms with E-state index in [1.54, 1.807) is 49.0 Å². The first kappa shape index (κ1) is 24.4. The van der Waals surface area contributed by atoms with Crippen LogP contribution in [0.1, 0.15) is 21.5 Å². The van der Waals surface area contributed by atoms with Crippen LogP contribution in [0.25, 0.3) is 0 Å². The lowest BCUT2D eigenvalue weighted by atomic mass is 10.1. The second kappa shape index (κ2) is 11.0. The highest BCUT2D eigenvalue weighted by Crippen LogP contribution is 2.28. The predicted molar refractivity (Wildman–Crippen MR) is 126 cm³/mol. The quantitative estimate of drug-likeness (QED) is 0.552. The minimum Gasteiger partial charge on any atom is -0.379 e. The van der Waals surface area contributed by atoms with Gasteiger partial charge in [0, 0.05) is 46.7 Å². The monoisotopic (exact) mass is 502 g/mol. The maximum absolute atomic E-state index is 12.9. The third-order valence-corrected chi connectivity index (χ3v) is 8.49. The first-order valence-electron chi connectivity index (χ1n) is 9.78. The van der Waals surface area contributed by atoms with Crippen molar-refractivity contribution in [3.63, 3.8) is 0 Å². The van der Waals surface area contributed by atoms with Crippen LogP contribution < -0.4 is 5.32 Å². The number of ether oxygens (including phenoxy) is 1. The molecule has 0 aromatic heterocycles. The van der Waals surface area contributed by atoms with E-state index < -0.39 is 10.0 Å². The number of sulfonamides is 1. The number of hydrogen-bond acceptors (Lipinski definition) is 5. The number of nitrogens with zero attached hydrogens (tertiary/aromatic N) is 1. The molecule has 0 unspecified atom stereocenters. The Kier molecular flexibility index (Phi) is 8.66. The highest BCUT2D eigenvalue weighted by molar-refractivity contribution is 7.98. The highest BCUT2D eigenvalue weighted by Gasteiger charge is 2.27. The first-order chi connectivity index (χ1) is 14.8. The summed E-state index contributed by atoms with van der Waals surface area (Å²) in [5.74, 6) is 1.01. The highest BCUT2D eigenvalue weighted by atomic mass is 35.5. The number of carbonyl (C=O) groups excluding carboxylic acids is 1. The molecule has 10 heteroatoms. The number of nitrogens with one attached hydrogen (secondary N) is 1. The Labute approximate surface area is 197 Å². The topological polar surface area (TPSA) is 75.7 Å². The van der Waals surface area contributed by atoms with Gasteiger partial charge in [-0.15, -0.1) is 0 Å². The Bertz CT molecular complexity index is 1020. The van der Waals surface area contributed by atoms with Crippen molar-refractivity contribution in [1.29, 1.82) is 0 Å². The van der Waals surface area contributed by atoms with Gasteiger partial charge in [-0.2, -0.15) is 16.1 Å². The first-order valence-corrected chi connectivity index (χ1v) is 13.1. The molecule has 0 spiro atoms. The van der Waals surface area contributed by atoms with Gasteiger partial charge < -0.3 is 10.1 Å². The predicted octanol–water partition coefficient (Wildman–Crippen LogP) is 3.99. The molecular weight excluding hydrogens is 479 g/mol. The number of benzene rings is 2. The molecule has 0 atom stereocenters. The van der Waals surface area contributed by atoms with E-state index in [1.807, 2.05) is 0 Å². The molecule has 0 aliphatic carbocycles. The van der Waals surface area contributed by atoms with Gasteiger partial charge in [-0.25, -0.2) is 8.42 Å². The summed E-state index contributed by atoms with van der Waals surface area (Å²) in [5, 5.41) is 4.11. The van der Waals surface area contributed by atoms with E-state index in [0.717, 1.165) is 5.56 Å². The van der Waals surface area contributed by atoms with Crippen molar-refractivity contribution in [2.24, 2.45) is 0 Å². The van der Waals surface area contributed by atoms with Gasteiger partial charge >= 0.3 is 0 Å². The van der Waals surface area contributed by atoms with Crippen molar-refractivity contribution in [2.75, 3.05) is 38.6 Å². The Balaban J connectivity index is 1.58. The summed E-state index contributed by atoms with van der Waals surface area (Å²) in [5.41, 5.74) is 1.95. The van der Waals surface area contributed by atoms with Crippen LogP contribution in [0.4, 0.5) is 0 Å². The molecule has 2 aromatic carbocycles. The van der Waals surface area contributed by atoms with Gasteiger partial charge in [0.2, 0.25) is 10.0 Å². The molecule has 1 heterocycles. The minimum absolute atomic E-state index is 0.118. The van der Waals surface area contributed by atoms with Crippen LogP contribution in [0, 0.1) is 6.92 Å². The van der Waals surface area contributed by atoms with E-state index in [2.05, 4.69) is 5.32 Å². The Morgan fingerprint density at radius 3 is 2.52 bits per heavy atom. The smallest absolute Gasteiger partial charge is 0.251 e. The molecule has 2 aromatic rings. The standard InChI is InChI=1S/C21H24Cl2N2O4S2/c1-15-5-6-16(31(27,28)25-8-10-29-11-9-25)13-17(15)21(26)24-7-12-30-14-18-19(22)3-2-4-20(18)23/h2-6,13H,7-12,14H2,1H3,(H,24,26). The van der Waals surface area contributed by atoms with Crippen molar-refractivity contribution < 1.29 is 17.9 Å². The van der Waals surface area contributed by atoms with Gasteiger partial charge in [0.05, 0.1) is 18.1 Å². The van der Waals surface area contributed by atoms with E-state index in [-0.39, 0.29) is 10.8 Å². The van der Waals surface area contributed by atoms with Crippen molar-refractivity contribution >= 4 is 50.9 Å². The zero-order valence-electron chi connectivity index (χ0n) is 17.1. The van der Waals surface area contributed by atoms with Crippen molar-refractivity contribution in [2.45, 2.75) is 17.6 Å². The summed E-state index contributed by atoms with van der Waals surface area (Å²) < 4.78 is 32.4. The van der Waals surface area contributed by atoms with Crippen LogP contribution in [0.2, 0.25) is 10.0 Å². The number of rotatable bonds is 8. The number of thioether (sulfide) groups is 1. The number of halogens is 2. The zero-order valence-corrected chi connectivity index (χ0v) is 20.2. The summed E-state index contributed by atoms with van der Waals surface area (Å²) in [6.45, 7) is 3.58. The van der Waals surface area contributed by atoms with E-state index >= 15 is 0 Å². The van der Waals surface area contributed by atoms with Gasteiger partial charge in [0.15, 0.2) is 0 Å². The molecule has 1 saturated heterocycles. The third kappa shape index (κ3) is 6.15. The molecule has 1 fully saturated rings. The largest absolute Gasteiger partial charge is 0.379 e. The number of aryl methyl sites for hydroxylation is 1. The van der Waals surface area contributed by atoms with E-state index in [1.165, 1.54) is 10.4 Å². The lowest BCUT2D eigenvalue weighted by Crippen LogP contribution is -2.40. The molecule has 168 valence electrons. The Hall–Kier alpha value is -1.29. The maximum atomic E-state index is 12.9. The van der Waals surface area contributed by atoms with E-state index in [0.29, 0.717) is 65.5 Å². The summed E-state index contributed by atoms with van der Waals surface area (Å²) in [4.78, 5) is 12.8. The van der Waals surface area contributed by atoms with E-state index in [4.69, 9.17) is 27.9 Å².